The maximum absolute atomic E-state index is 10.6. The number of unbranched alkanes of at least 4 members (excludes halogenated alkanes) is 1. The number of aliphatic hydroxyl groups is 3. The highest BCUT2D eigenvalue weighted by atomic mass is 35.5. The average Bonchev–Trinajstić information content (AvgIpc) is 2.87. The van der Waals surface area contributed by atoms with Gasteiger partial charge >= 0.3 is 0 Å². The molecule has 2 aromatic rings. The quantitative estimate of drug-likeness (QED) is 0.139. The van der Waals surface area contributed by atoms with Gasteiger partial charge in [-0.25, -0.2) is 15.0 Å². The largest absolute Gasteiger partial charge is 0.472 e. The molecule has 9 heteroatoms. The zero-order valence-electron chi connectivity index (χ0n) is 20.9. The standard InChI is InChI=1S/C28H35ClN4O4/c1-3-20(29)10-9-12-24-23(11-5-6-14-28(35)36)32-25(22(4-2)31-24)15-16-27(34)33-18-21(19-33)37-26-13-7-8-17-30-26/h3-4,7-9,12-13,15-17,20-21,27-28,34-36H,1-2,5-6,10-11,14,18-19H2/b12-9+,16-15+. The Kier molecular flexibility index (Phi) is 11.4. The lowest BCUT2D eigenvalue weighted by atomic mass is 10.1. The van der Waals surface area contributed by atoms with Crippen LogP contribution in [0.15, 0.2) is 55.8 Å². The van der Waals surface area contributed by atoms with Gasteiger partial charge in [0.05, 0.1) is 28.2 Å². The molecule has 0 bridgehead atoms. The molecule has 3 N–H and O–H groups in total. The molecule has 1 aliphatic rings. The van der Waals surface area contributed by atoms with Crippen molar-refractivity contribution in [3.05, 3.63) is 78.6 Å². The number of allylic oxidation sites excluding steroid dienone is 2. The van der Waals surface area contributed by atoms with Crippen molar-refractivity contribution in [3.8, 4) is 5.88 Å². The van der Waals surface area contributed by atoms with E-state index in [1.165, 1.54) is 0 Å². The Hall–Kier alpha value is -2.88. The molecule has 8 nitrogen and oxygen atoms in total. The number of hydrogen-bond donors (Lipinski definition) is 3. The van der Waals surface area contributed by atoms with E-state index < -0.39 is 12.5 Å². The summed E-state index contributed by atoms with van der Waals surface area (Å²) >= 11 is 6.13. The van der Waals surface area contributed by atoms with Crippen LogP contribution in [0.2, 0.25) is 0 Å². The van der Waals surface area contributed by atoms with Crippen molar-refractivity contribution >= 4 is 29.8 Å². The summed E-state index contributed by atoms with van der Waals surface area (Å²) in [5.41, 5.74) is 2.69. The normalized spacial score (nSPS) is 16.2. The Balaban J connectivity index is 1.68. The summed E-state index contributed by atoms with van der Waals surface area (Å²) in [5.74, 6) is 0.573. The first-order valence-corrected chi connectivity index (χ1v) is 12.8. The van der Waals surface area contributed by atoms with Crippen molar-refractivity contribution in [2.24, 2.45) is 0 Å². The molecule has 1 saturated heterocycles. The molecular weight excluding hydrogens is 492 g/mol. The Morgan fingerprint density at radius 1 is 1.08 bits per heavy atom. The number of likely N-dealkylation sites (tertiary alicyclic amines) is 1. The fraction of sp³-hybridized carbons (Fsp3) is 0.393. The first kappa shape index (κ1) is 28.7. The number of rotatable bonds is 15. The third kappa shape index (κ3) is 9.18. The van der Waals surface area contributed by atoms with E-state index >= 15 is 0 Å². The van der Waals surface area contributed by atoms with Gasteiger partial charge in [-0.15, -0.1) is 18.2 Å². The highest BCUT2D eigenvalue weighted by Gasteiger charge is 2.32. The molecule has 0 saturated carbocycles. The molecule has 1 aliphatic heterocycles. The number of pyridine rings is 1. The summed E-state index contributed by atoms with van der Waals surface area (Å²) in [6.45, 7) is 8.74. The minimum Gasteiger partial charge on any atom is -0.472 e. The van der Waals surface area contributed by atoms with Crippen LogP contribution in [0, 0.1) is 0 Å². The summed E-state index contributed by atoms with van der Waals surface area (Å²) < 4.78 is 5.80. The van der Waals surface area contributed by atoms with Crippen LogP contribution in [0.25, 0.3) is 18.2 Å². The van der Waals surface area contributed by atoms with Crippen molar-refractivity contribution in [1.82, 2.24) is 19.9 Å². The second-order valence-electron chi connectivity index (χ2n) is 8.78. The zero-order valence-corrected chi connectivity index (χ0v) is 21.6. The lowest BCUT2D eigenvalue weighted by molar-refractivity contribution is -0.0680. The monoisotopic (exact) mass is 526 g/mol. The minimum atomic E-state index is -1.32. The summed E-state index contributed by atoms with van der Waals surface area (Å²) in [7, 11) is 0. The molecule has 2 unspecified atom stereocenters. The number of ether oxygens (including phenoxy) is 1. The number of aromatic nitrogens is 3. The molecule has 2 aromatic heterocycles. The van der Waals surface area contributed by atoms with Crippen LogP contribution in [0.3, 0.4) is 0 Å². The molecule has 1 fully saturated rings. The molecule has 3 rings (SSSR count). The third-order valence-corrected chi connectivity index (χ3v) is 6.22. The summed E-state index contributed by atoms with van der Waals surface area (Å²) in [4.78, 5) is 15.6. The topological polar surface area (TPSA) is 112 Å². The Bertz CT molecular complexity index is 1070. The van der Waals surface area contributed by atoms with Crippen LogP contribution in [-0.4, -0.2) is 72.3 Å². The molecule has 0 radical (unpaired) electrons. The SMILES string of the molecule is C=Cc1nc(/C=C/CC(Cl)C=C)c(CCCCC(O)O)nc1/C=C/C(O)N1CC(Oc2ccccn2)C1. The lowest BCUT2D eigenvalue weighted by Crippen LogP contribution is -2.57. The van der Waals surface area contributed by atoms with E-state index in [0.29, 0.717) is 61.7 Å². The maximum Gasteiger partial charge on any atom is 0.213 e. The number of aryl methyl sites for hydroxylation is 1. The summed E-state index contributed by atoms with van der Waals surface area (Å²) in [6.07, 6.45) is 13.0. The van der Waals surface area contributed by atoms with Crippen molar-refractivity contribution in [2.75, 3.05) is 13.1 Å². The van der Waals surface area contributed by atoms with Gasteiger partial charge in [0.25, 0.3) is 0 Å². The number of alkyl halides is 1. The predicted octanol–water partition coefficient (Wildman–Crippen LogP) is 3.83. The first-order chi connectivity index (χ1) is 17.9. The fourth-order valence-corrected chi connectivity index (χ4v) is 3.88. The predicted molar refractivity (Wildman–Crippen MR) is 147 cm³/mol. The Labute approximate surface area is 223 Å². The molecular formula is C28H35ClN4O4. The van der Waals surface area contributed by atoms with Gasteiger partial charge < -0.3 is 20.1 Å². The van der Waals surface area contributed by atoms with Gasteiger partial charge in [-0.3, -0.25) is 4.90 Å². The second-order valence-corrected chi connectivity index (χ2v) is 9.34. The van der Waals surface area contributed by atoms with E-state index in [1.807, 2.05) is 35.3 Å². The Morgan fingerprint density at radius 2 is 1.89 bits per heavy atom. The number of aliphatic hydroxyl groups excluding tert-OH is 2. The highest BCUT2D eigenvalue weighted by Crippen LogP contribution is 2.20. The second kappa shape index (κ2) is 14.8. The van der Waals surface area contributed by atoms with E-state index in [4.69, 9.17) is 36.5 Å². The molecule has 0 aromatic carbocycles. The summed E-state index contributed by atoms with van der Waals surface area (Å²) in [5, 5.41) is 28.7. The Morgan fingerprint density at radius 3 is 2.57 bits per heavy atom. The van der Waals surface area contributed by atoms with Gasteiger partial charge in [-0.2, -0.15) is 0 Å². The third-order valence-electron chi connectivity index (χ3n) is 5.87. The van der Waals surface area contributed by atoms with Crippen molar-refractivity contribution in [2.45, 2.75) is 56.1 Å². The van der Waals surface area contributed by atoms with E-state index in [2.05, 4.69) is 18.1 Å². The maximum atomic E-state index is 10.6. The van der Waals surface area contributed by atoms with Gasteiger partial charge in [-0.05, 0) is 62.5 Å². The molecule has 0 amide bonds. The number of nitrogens with zero attached hydrogens (tertiary/aromatic N) is 4. The first-order valence-electron chi connectivity index (χ1n) is 12.4. The minimum absolute atomic E-state index is 0.0229. The van der Waals surface area contributed by atoms with Crippen LogP contribution in [0.4, 0.5) is 0 Å². The van der Waals surface area contributed by atoms with Crippen LogP contribution in [-0.2, 0) is 6.42 Å². The van der Waals surface area contributed by atoms with Crippen molar-refractivity contribution < 1.29 is 20.1 Å². The van der Waals surface area contributed by atoms with E-state index in [1.54, 1.807) is 30.5 Å². The van der Waals surface area contributed by atoms with Crippen LogP contribution in [0.5, 0.6) is 5.88 Å². The van der Waals surface area contributed by atoms with Gasteiger partial charge in [0.15, 0.2) is 6.29 Å². The van der Waals surface area contributed by atoms with Gasteiger partial charge in [0.1, 0.15) is 12.3 Å². The summed E-state index contributed by atoms with van der Waals surface area (Å²) in [6, 6.07) is 5.51. The lowest BCUT2D eigenvalue weighted by Gasteiger charge is -2.40. The smallest absolute Gasteiger partial charge is 0.213 e. The van der Waals surface area contributed by atoms with E-state index in [0.717, 1.165) is 12.1 Å². The molecule has 198 valence electrons. The number of halogens is 1. The fourth-order valence-electron chi connectivity index (χ4n) is 3.77. The molecule has 0 aliphatic carbocycles. The molecule has 0 spiro atoms. The van der Waals surface area contributed by atoms with Gasteiger partial charge in [0.2, 0.25) is 5.88 Å². The highest BCUT2D eigenvalue weighted by molar-refractivity contribution is 6.21. The molecule has 37 heavy (non-hydrogen) atoms. The van der Waals surface area contributed by atoms with Crippen LogP contribution < -0.4 is 4.74 Å². The van der Waals surface area contributed by atoms with Crippen molar-refractivity contribution in [1.29, 1.82) is 0 Å². The van der Waals surface area contributed by atoms with Gasteiger partial charge in [0, 0.05) is 25.4 Å². The zero-order chi connectivity index (χ0) is 26.6. The van der Waals surface area contributed by atoms with Crippen LogP contribution >= 0.6 is 11.6 Å². The average molecular weight is 527 g/mol. The van der Waals surface area contributed by atoms with E-state index in [9.17, 15) is 5.11 Å². The van der Waals surface area contributed by atoms with E-state index in [-0.39, 0.29) is 11.5 Å². The molecule has 2 atom stereocenters. The van der Waals surface area contributed by atoms with Gasteiger partial charge in [-0.1, -0.05) is 24.8 Å². The number of hydrogen-bond acceptors (Lipinski definition) is 8. The molecule has 3 heterocycles. The van der Waals surface area contributed by atoms with Crippen molar-refractivity contribution in [3.63, 3.8) is 0 Å². The van der Waals surface area contributed by atoms with Crippen LogP contribution in [0.1, 0.15) is 48.5 Å².